The van der Waals surface area contributed by atoms with Gasteiger partial charge in [-0.2, -0.15) is 0 Å². The second-order valence-electron chi connectivity index (χ2n) is 6.14. The number of anilines is 1. The van der Waals surface area contributed by atoms with Crippen LogP contribution in [0.1, 0.15) is 30.0 Å². The number of carboxylic acids is 1. The molecule has 0 atom stereocenters. The molecule has 3 rings (SSSR count). The van der Waals surface area contributed by atoms with Crippen LogP contribution in [0, 0.1) is 5.82 Å². The predicted octanol–water partition coefficient (Wildman–Crippen LogP) is 3.16. The number of hydrogen-bond acceptors (Lipinski definition) is 4. The van der Waals surface area contributed by atoms with Crippen molar-refractivity contribution < 1.29 is 29.0 Å². The van der Waals surface area contributed by atoms with Crippen LogP contribution >= 0.6 is 0 Å². The molecule has 27 heavy (non-hydrogen) atoms. The molecule has 0 radical (unpaired) electrons. The first kappa shape index (κ1) is 18.3. The molecule has 0 fully saturated rings. The summed E-state index contributed by atoms with van der Waals surface area (Å²) < 4.78 is 13.6. The minimum Gasteiger partial charge on any atom is -0.506 e. The Kier molecular flexibility index (Phi) is 4.77. The summed E-state index contributed by atoms with van der Waals surface area (Å²) in [6.07, 6.45) is 0.323. The highest BCUT2D eigenvalue weighted by atomic mass is 19.1. The van der Waals surface area contributed by atoms with E-state index in [1.54, 1.807) is 24.3 Å². The molecular formula is C20H16FNO5. The lowest BCUT2D eigenvalue weighted by Crippen LogP contribution is -2.31. The van der Waals surface area contributed by atoms with Gasteiger partial charge in [0.15, 0.2) is 0 Å². The van der Waals surface area contributed by atoms with E-state index < -0.39 is 23.6 Å². The number of aliphatic carboxylic acids is 1. The Labute approximate surface area is 154 Å². The summed E-state index contributed by atoms with van der Waals surface area (Å²) in [5.41, 5.74) is 1.37. The summed E-state index contributed by atoms with van der Waals surface area (Å²) in [6, 6.07) is 10.0. The normalized spacial score (nSPS) is 14.9. The van der Waals surface area contributed by atoms with E-state index in [9.17, 15) is 23.9 Å². The number of carbonyl (C=O) groups is 3. The maximum Gasteiger partial charge on any atom is 0.303 e. The third-order valence-electron chi connectivity index (χ3n) is 4.29. The Bertz CT molecular complexity index is 978. The second-order valence-corrected chi connectivity index (χ2v) is 6.14. The van der Waals surface area contributed by atoms with Gasteiger partial charge in [-0.3, -0.25) is 14.4 Å². The number of aliphatic hydroxyl groups is 1. The van der Waals surface area contributed by atoms with Crippen molar-refractivity contribution in [3.8, 4) is 0 Å². The average Bonchev–Trinajstić information content (AvgIpc) is 2.90. The van der Waals surface area contributed by atoms with E-state index in [1.807, 2.05) is 0 Å². The Morgan fingerprint density at radius 3 is 2.33 bits per heavy atom. The molecule has 0 aromatic heterocycles. The number of hydrogen-bond donors (Lipinski definition) is 2. The lowest BCUT2D eigenvalue weighted by atomic mass is 10.0. The third kappa shape index (κ3) is 3.44. The van der Waals surface area contributed by atoms with E-state index in [-0.39, 0.29) is 29.0 Å². The van der Waals surface area contributed by atoms with Crippen molar-refractivity contribution in [1.29, 1.82) is 0 Å². The van der Waals surface area contributed by atoms with Crippen molar-refractivity contribution >= 4 is 34.8 Å². The van der Waals surface area contributed by atoms with Gasteiger partial charge in [0.1, 0.15) is 11.6 Å². The molecule has 2 amide bonds. The van der Waals surface area contributed by atoms with Crippen molar-refractivity contribution in [1.82, 2.24) is 0 Å². The fourth-order valence-corrected chi connectivity index (χ4v) is 3.00. The maximum absolute atomic E-state index is 13.6. The molecule has 6 nitrogen and oxygen atoms in total. The SMILES string of the molecule is CC(=O)N1C(=O)C(=C(O)c2ccc(CCC(=O)O)cc2)c2ccc(F)cc21. The number of benzene rings is 2. The smallest absolute Gasteiger partial charge is 0.303 e. The highest BCUT2D eigenvalue weighted by Gasteiger charge is 2.38. The van der Waals surface area contributed by atoms with Crippen molar-refractivity contribution in [2.24, 2.45) is 0 Å². The summed E-state index contributed by atoms with van der Waals surface area (Å²) in [4.78, 5) is 36.0. The van der Waals surface area contributed by atoms with Gasteiger partial charge in [0.05, 0.1) is 11.3 Å². The van der Waals surface area contributed by atoms with Gasteiger partial charge in [-0.05, 0) is 30.2 Å². The maximum atomic E-state index is 13.6. The molecule has 7 heteroatoms. The number of nitrogens with zero attached hydrogens (tertiary/aromatic N) is 1. The van der Waals surface area contributed by atoms with Crippen molar-refractivity contribution in [3.63, 3.8) is 0 Å². The number of carboxylic acid groups (broad SMARTS) is 1. The molecule has 0 saturated heterocycles. The first-order valence-electron chi connectivity index (χ1n) is 8.19. The van der Waals surface area contributed by atoms with E-state index in [0.29, 0.717) is 12.0 Å². The number of aryl methyl sites for hydroxylation is 1. The van der Waals surface area contributed by atoms with Crippen LogP contribution in [0.4, 0.5) is 10.1 Å². The van der Waals surface area contributed by atoms with Crippen LogP contribution in [0.3, 0.4) is 0 Å². The zero-order chi connectivity index (χ0) is 19.7. The van der Waals surface area contributed by atoms with Crippen LogP contribution in [0.25, 0.3) is 11.3 Å². The molecule has 2 aromatic rings. The fraction of sp³-hybridized carbons (Fsp3) is 0.150. The van der Waals surface area contributed by atoms with Gasteiger partial charge >= 0.3 is 5.97 Å². The first-order valence-corrected chi connectivity index (χ1v) is 8.19. The van der Waals surface area contributed by atoms with Crippen LogP contribution in [-0.2, 0) is 20.8 Å². The molecule has 0 aliphatic carbocycles. The molecule has 1 heterocycles. The number of amides is 2. The van der Waals surface area contributed by atoms with Gasteiger partial charge in [0.25, 0.3) is 5.91 Å². The summed E-state index contributed by atoms with van der Waals surface area (Å²) in [7, 11) is 0. The van der Waals surface area contributed by atoms with E-state index >= 15 is 0 Å². The second kappa shape index (κ2) is 7.03. The molecule has 2 aromatic carbocycles. The van der Waals surface area contributed by atoms with E-state index in [0.717, 1.165) is 22.6 Å². The third-order valence-corrected chi connectivity index (χ3v) is 4.29. The Hall–Kier alpha value is -3.48. The quantitative estimate of drug-likeness (QED) is 0.638. The molecule has 0 spiro atoms. The lowest BCUT2D eigenvalue weighted by Gasteiger charge is -2.12. The highest BCUT2D eigenvalue weighted by molar-refractivity contribution is 6.42. The number of aliphatic hydroxyl groups excluding tert-OH is 1. The van der Waals surface area contributed by atoms with Gasteiger partial charge in [-0.25, -0.2) is 9.29 Å². The van der Waals surface area contributed by atoms with Crippen LogP contribution in [0.2, 0.25) is 0 Å². The fourth-order valence-electron chi connectivity index (χ4n) is 3.00. The Morgan fingerprint density at radius 2 is 1.74 bits per heavy atom. The number of carbonyl (C=O) groups excluding carboxylic acids is 2. The summed E-state index contributed by atoms with van der Waals surface area (Å²) in [5, 5.41) is 19.4. The molecule has 1 aliphatic heterocycles. The zero-order valence-corrected chi connectivity index (χ0v) is 14.4. The predicted molar refractivity (Wildman–Crippen MR) is 96.4 cm³/mol. The van der Waals surface area contributed by atoms with Crippen molar-refractivity contribution in [2.45, 2.75) is 19.8 Å². The number of fused-ring (bicyclic) bond motifs is 1. The van der Waals surface area contributed by atoms with Crippen LogP contribution in [-0.4, -0.2) is 28.0 Å². The first-order chi connectivity index (χ1) is 12.8. The Balaban J connectivity index is 2.03. The van der Waals surface area contributed by atoms with Crippen LogP contribution in [0.15, 0.2) is 42.5 Å². The summed E-state index contributed by atoms with van der Waals surface area (Å²) in [6.45, 7) is 1.18. The topological polar surface area (TPSA) is 94.9 Å². The highest BCUT2D eigenvalue weighted by Crippen LogP contribution is 2.40. The van der Waals surface area contributed by atoms with Gasteiger partial charge in [0, 0.05) is 24.5 Å². The summed E-state index contributed by atoms with van der Waals surface area (Å²) in [5.74, 6) is -3.15. The molecule has 138 valence electrons. The Morgan fingerprint density at radius 1 is 1.07 bits per heavy atom. The van der Waals surface area contributed by atoms with Crippen molar-refractivity contribution in [2.75, 3.05) is 4.90 Å². The molecule has 1 aliphatic rings. The summed E-state index contributed by atoms with van der Waals surface area (Å²) >= 11 is 0. The van der Waals surface area contributed by atoms with Gasteiger partial charge in [-0.1, -0.05) is 24.3 Å². The van der Waals surface area contributed by atoms with E-state index in [1.165, 1.54) is 13.0 Å². The van der Waals surface area contributed by atoms with E-state index in [4.69, 9.17) is 5.11 Å². The van der Waals surface area contributed by atoms with Crippen LogP contribution in [0.5, 0.6) is 0 Å². The van der Waals surface area contributed by atoms with E-state index in [2.05, 4.69) is 0 Å². The number of rotatable bonds is 4. The van der Waals surface area contributed by atoms with Gasteiger partial charge in [-0.15, -0.1) is 0 Å². The van der Waals surface area contributed by atoms with Crippen LogP contribution < -0.4 is 4.90 Å². The van der Waals surface area contributed by atoms with Gasteiger partial charge in [0.2, 0.25) is 5.91 Å². The molecule has 2 N–H and O–H groups in total. The zero-order valence-electron chi connectivity index (χ0n) is 14.4. The molecule has 0 unspecified atom stereocenters. The lowest BCUT2D eigenvalue weighted by molar-refractivity contribution is -0.137. The minimum atomic E-state index is -0.909. The van der Waals surface area contributed by atoms with Gasteiger partial charge < -0.3 is 10.2 Å². The monoisotopic (exact) mass is 369 g/mol. The molecular weight excluding hydrogens is 353 g/mol. The molecule has 0 bridgehead atoms. The molecule has 0 saturated carbocycles. The average molecular weight is 369 g/mol. The standard InChI is InChI=1S/C20H16FNO5/c1-11(23)22-16-10-14(21)7-8-15(16)18(20(22)27)19(26)13-5-2-12(3-6-13)4-9-17(24)25/h2-3,5-8,10,26H,4,9H2,1H3,(H,24,25). The largest absolute Gasteiger partial charge is 0.506 e. The minimum absolute atomic E-state index is 0.0165. The number of halogens is 1. The van der Waals surface area contributed by atoms with Crippen molar-refractivity contribution in [3.05, 3.63) is 65.0 Å². The number of imide groups is 1.